The standard InChI is InChI=1S/C33H36N6O9/c1-17(2)27(31(42)45-5)36-29(40)25-15-23(38-47-25)19-7-11-21(12-8-19)34-33(44)35-22-13-9-20(10-14-22)24-16-26(48-39-24)30(41)37-28(18(3)4)32(43)46-6/h7-18,27-28H,1-6H3,(H,36,40)(H,37,41)(H2,34,35,44). The molecule has 0 saturated heterocycles. The summed E-state index contributed by atoms with van der Waals surface area (Å²) in [6, 6.07) is 14.1. The van der Waals surface area contributed by atoms with Gasteiger partial charge in [0.1, 0.15) is 23.5 Å². The molecule has 252 valence electrons. The van der Waals surface area contributed by atoms with E-state index in [1.165, 1.54) is 26.4 Å². The zero-order valence-electron chi connectivity index (χ0n) is 27.2. The van der Waals surface area contributed by atoms with E-state index in [2.05, 4.69) is 31.6 Å². The fourth-order valence-electron chi connectivity index (χ4n) is 4.45. The Bertz CT molecular complexity index is 1630. The quantitative estimate of drug-likeness (QED) is 0.156. The Morgan fingerprint density at radius 2 is 0.958 bits per heavy atom. The molecule has 0 bridgehead atoms. The smallest absolute Gasteiger partial charge is 0.328 e. The number of rotatable bonds is 12. The van der Waals surface area contributed by atoms with Crippen LogP contribution in [-0.2, 0) is 19.1 Å². The van der Waals surface area contributed by atoms with E-state index in [1.54, 1.807) is 76.2 Å². The first kappa shape index (κ1) is 34.9. The topological polar surface area (TPSA) is 204 Å². The van der Waals surface area contributed by atoms with E-state index >= 15 is 0 Å². The monoisotopic (exact) mass is 660 g/mol. The van der Waals surface area contributed by atoms with Gasteiger partial charge in [0, 0.05) is 34.6 Å². The fourth-order valence-corrected chi connectivity index (χ4v) is 4.45. The van der Waals surface area contributed by atoms with Crippen LogP contribution < -0.4 is 21.3 Å². The van der Waals surface area contributed by atoms with Crippen molar-refractivity contribution < 1.29 is 42.5 Å². The lowest BCUT2D eigenvalue weighted by Gasteiger charge is -2.18. The third kappa shape index (κ3) is 8.63. The van der Waals surface area contributed by atoms with Crippen LogP contribution >= 0.6 is 0 Å². The van der Waals surface area contributed by atoms with Crippen molar-refractivity contribution in [3.05, 3.63) is 72.2 Å². The zero-order chi connectivity index (χ0) is 35.0. The lowest BCUT2D eigenvalue weighted by Crippen LogP contribution is -2.44. The van der Waals surface area contributed by atoms with Crippen LogP contribution in [-0.4, -0.2) is 66.4 Å². The van der Waals surface area contributed by atoms with Crippen LogP contribution in [0.4, 0.5) is 16.2 Å². The van der Waals surface area contributed by atoms with Crippen LogP contribution in [0.5, 0.6) is 0 Å². The molecule has 0 aliphatic rings. The number of nitrogens with zero attached hydrogens (tertiary/aromatic N) is 2. The van der Waals surface area contributed by atoms with Crippen molar-refractivity contribution >= 4 is 41.2 Å². The molecular weight excluding hydrogens is 624 g/mol. The fraction of sp³-hybridized carbons (Fsp3) is 0.303. The number of esters is 2. The van der Waals surface area contributed by atoms with Gasteiger partial charge < -0.3 is 39.8 Å². The first-order valence-corrected chi connectivity index (χ1v) is 14.9. The highest BCUT2D eigenvalue weighted by Gasteiger charge is 2.28. The van der Waals surface area contributed by atoms with Crippen molar-refractivity contribution in [2.45, 2.75) is 39.8 Å². The molecule has 2 heterocycles. The Hall–Kier alpha value is -5.99. The van der Waals surface area contributed by atoms with E-state index in [4.69, 9.17) is 18.5 Å². The van der Waals surface area contributed by atoms with Gasteiger partial charge in [-0.2, -0.15) is 0 Å². The third-order valence-corrected chi connectivity index (χ3v) is 7.16. The highest BCUT2D eigenvalue weighted by atomic mass is 16.5. The van der Waals surface area contributed by atoms with Crippen molar-refractivity contribution in [2.75, 3.05) is 24.9 Å². The summed E-state index contributed by atoms with van der Waals surface area (Å²) in [4.78, 5) is 61.8. The molecule has 4 aromatic rings. The van der Waals surface area contributed by atoms with E-state index < -0.39 is 41.9 Å². The average Bonchev–Trinajstić information content (AvgIpc) is 3.77. The number of ether oxygens (including phenoxy) is 2. The molecule has 0 spiro atoms. The minimum absolute atomic E-state index is 0.0722. The van der Waals surface area contributed by atoms with E-state index in [1.807, 2.05) is 0 Å². The van der Waals surface area contributed by atoms with Crippen molar-refractivity contribution in [1.29, 1.82) is 0 Å². The molecule has 0 aliphatic carbocycles. The van der Waals surface area contributed by atoms with Crippen LogP contribution in [0.2, 0.25) is 0 Å². The molecule has 2 atom stereocenters. The number of methoxy groups -OCH3 is 2. The molecule has 15 heteroatoms. The van der Waals surface area contributed by atoms with Crippen LogP contribution in [0, 0.1) is 11.8 Å². The number of benzene rings is 2. The van der Waals surface area contributed by atoms with Crippen molar-refractivity contribution in [3.63, 3.8) is 0 Å². The molecule has 4 N–H and O–H groups in total. The molecule has 2 aromatic heterocycles. The van der Waals surface area contributed by atoms with Crippen LogP contribution in [0.15, 0.2) is 69.7 Å². The SMILES string of the molecule is COC(=O)C(NC(=O)c1cc(-c2ccc(NC(=O)Nc3ccc(-c4cc(C(=O)NC(C(=O)OC)C(C)C)on4)cc3)cc2)no1)C(C)C. The van der Waals surface area contributed by atoms with Gasteiger partial charge in [-0.15, -0.1) is 0 Å². The number of urea groups is 1. The van der Waals surface area contributed by atoms with Crippen LogP contribution in [0.3, 0.4) is 0 Å². The third-order valence-electron chi connectivity index (χ3n) is 7.16. The Labute approximate surface area is 275 Å². The maximum absolute atomic E-state index is 12.6. The van der Waals surface area contributed by atoms with Crippen molar-refractivity contribution in [1.82, 2.24) is 20.9 Å². The highest BCUT2D eigenvalue weighted by molar-refractivity contribution is 6.00. The number of hydrogen-bond donors (Lipinski definition) is 4. The normalized spacial score (nSPS) is 12.2. The van der Waals surface area contributed by atoms with Crippen molar-refractivity contribution in [3.8, 4) is 22.5 Å². The number of amides is 4. The number of carbonyl (C=O) groups is 5. The van der Waals surface area contributed by atoms with Gasteiger partial charge >= 0.3 is 18.0 Å². The molecule has 2 unspecified atom stereocenters. The molecule has 0 aliphatic heterocycles. The number of hydrogen-bond acceptors (Lipinski definition) is 11. The van der Waals surface area contributed by atoms with Crippen LogP contribution in [0.1, 0.15) is 48.8 Å². The Morgan fingerprint density at radius 1 is 0.604 bits per heavy atom. The Morgan fingerprint density at radius 3 is 1.27 bits per heavy atom. The van der Waals surface area contributed by atoms with E-state index in [9.17, 15) is 24.0 Å². The summed E-state index contributed by atoms with van der Waals surface area (Å²) in [5.41, 5.74) is 3.02. The summed E-state index contributed by atoms with van der Waals surface area (Å²) in [5.74, 6) is -2.88. The second-order valence-electron chi connectivity index (χ2n) is 11.3. The Balaban J connectivity index is 1.31. The predicted octanol–water partition coefficient (Wildman–Crippen LogP) is 4.50. The van der Waals surface area contributed by atoms with Gasteiger partial charge in [0.15, 0.2) is 0 Å². The number of carbonyl (C=O) groups excluding carboxylic acids is 5. The zero-order valence-corrected chi connectivity index (χ0v) is 27.2. The van der Waals surface area contributed by atoms with E-state index in [-0.39, 0.29) is 23.4 Å². The second-order valence-corrected chi connectivity index (χ2v) is 11.3. The first-order chi connectivity index (χ1) is 22.9. The molecule has 0 fully saturated rings. The minimum atomic E-state index is -0.841. The molecule has 4 amide bonds. The van der Waals surface area contributed by atoms with Gasteiger partial charge in [-0.3, -0.25) is 9.59 Å². The molecule has 4 rings (SSSR count). The van der Waals surface area contributed by atoms with Gasteiger partial charge in [0.25, 0.3) is 11.8 Å². The van der Waals surface area contributed by atoms with Gasteiger partial charge in [-0.1, -0.05) is 62.3 Å². The summed E-state index contributed by atoms with van der Waals surface area (Å²) in [6.45, 7) is 7.11. The van der Waals surface area contributed by atoms with Gasteiger partial charge in [-0.25, -0.2) is 14.4 Å². The summed E-state index contributed by atoms with van der Waals surface area (Å²) in [5, 5.41) is 18.5. The highest BCUT2D eigenvalue weighted by Crippen LogP contribution is 2.24. The predicted molar refractivity (Wildman–Crippen MR) is 173 cm³/mol. The van der Waals surface area contributed by atoms with Gasteiger partial charge in [0.05, 0.1) is 14.2 Å². The maximum atomic E-state index is 12.6. The van der Waals surface area contributed by atoms with Gasteiger partial charge in [0.2, 0.25) is 11.5 Å². The Kier molecular flexibility index (Phi) is 11.3. The van der Waals surface area contributed by atoms with Crippen molar-refractivity contribution in [2.24, 2.45) is 11.8 Å². The summed E-state index contributed by atoms with van der Waals surface area (Å²) in [6.07, 6.45) is 0. The molecule has 48 heavy (non-hydrogen) atoms. The lowest BCUT2D eigenvalue weighted by molar-refractivity contribution is -0.144. The number of nitrogens with one attached hydrogen (secondary N) is 4. The van der Waals surface area contributed by atoms with E-state index in [0.29, 0.717) is 33.9 Å². The molecule has 15 nitrogen and oxygen atoms in total. The molecule has 0 radical (unpaired) electrons. The molecule has 2 aromatic carbocycles. The summed E-state index contributed by atoms with van der Waals surface area (Å²) in [7, 11) is 2.49. The molecular formula is C33H36N6O9. The minimum Gasteiger partial charge on any atom is -0.467 e. The number of aromatic nitrogens is 2. The lowest BCUT2D eigenvalue weighted by atomic mass is 10.0. The average molecular weight is 661 g/mol. The van der Waals surface area contributed by atoms with Crippen LogP contribution in [0.25, 0.3) is 22.5 Å². The summed E-state index contributed by atoms with van der Waals surface area (Å²) < 4.78 is 19.9. The van der Waals surface area contributed by atoms with E-state index in [0.717, 1.165) is 0 Å². The first-order valence-electron chi connectivity index (χ1n) is 14.9. The largest absolute Gasteiger partial charge is 0.467 e. The second kappa shape index (κ2) is 15.5. The maximum Gasteiger partial charge on any atom is 0.328 e. The molecule has 0 saturated carbocycles. The number of anilines is 2. The summed E-state index contributed by atoms with van der Waals surface area (Å²) >= 11 is 0. The van der Waals surface area contributed by atoms with Gasteiger partial charge in [-0.05, 0) is 36.1 Å².